The van der Waals surface area contributed by atoms with Crippen molar-refractivity contribution in [1.29, 1.82) is 0 Å². The van der Waals surface area contributed by atoms with Crippen LogP contribution >= 0.6 is 0 Å². The summed E-state index contributed by atoms with van der Waals surface area (Å²) in [6.07, 6.45) is 0.893. The number of nitrogens with zero attached hydrogens (tertiary/aromatic N) is 1. The lowest BCUT2D eigenvalue weighted by Gasteiger charge is -2.02. The average molecular weight is 294 g/mol. The first-order valence-corrected chi connectivity index (χ1v) is 5.75. The third-order valence-electron chi connectivity index (χ3n) is 2.46. The highest BCUT2D eigenvalue weighted by Gasteiger charge is 2.09. The third-order valence-corrected chi connectivity index (χ3v) is 2.46. The Kier molecular flexibility index (Phi) is 3.92. The lowest BCUT2D eigenvalue weighted by molar-refractivity contribution is -0.116. The van der Waals surface area contributed by atoms with Crippen molar-refractivity contribution < 1.29 is 4.79 Å². The molecule has 2 aromatic heterocycles. The van der Waals surface area contributed by atoms with Gasteiger partial charge in [-0.2, -0.15) is 5.10 Å². The zero-order chi connectivity index (χ0) is 15.4. The van der Waals surface area contributed by atoms with E-state index in [0.717, 1.165) is 6.20 Å². The number of hydrogen-bond acceptors (Lipinski definition) is 6. The molecule has 110 valence electrons. The summed E-state index contributed by atoms with van der Waals surface area (Å²) in [5, 5.41) is 7.82. The Balaban J connectivity index is 2.02. The van der Waals surface area contributed by atoms with Crippen molar-refractivity contribution in [3.05, 3.63) is 53.6 Å². The van der Waals surface area contributed by atoms with Crippen LogP contribution in [0.3, 0.4) is 0 Å². The van der Waals surface area contributed by atoms with Crippen LogP contribution in [0.25, 0.3) is 0 Å². The number of carbonyl (C=O) groups excluding carboxylic acids is 1. The Bertz CT molecular complexity index is 888. The highest BCUT2D eigenvalue weighted by Crippen LogP contribution is 1.97. The number of anilines is 1. The van der Waals surface area contributed by atoms with E-state index in [2.05, 4.69) is 15.4 Å². The van der Waals surface area contributed by atoms with Crippen molar-refractivity contribution in [2.75, 3.05) is 5.32 Å². The largest absolute Gasteiger partial charge is 0.342 e. The first-order valence-electron chi connectivity index (χ1n) is 5.75. The molecule has 0 saturated heterocycles. The van der Waals surface area contributed by atoms with Gasteiger partial charge >= 0.3 is 11.4 Å². The maximum absolute atomic E-state index is 11.6. The second kappa shape index (κ2) is 5.81. The molecule has 2 aromatic rings. The zero-order valence-corrected chi connectivity index (χ0v) is 10.5. The number of nitrogens with one attached hydrogen (secondary N) is 5. The molecule has 0 saturated carbocycles. The van der Waals surface area contributed by atoms with E-state index in [-0.39, 0.29) is 24.2 Å². The zero-order valence-electron chi connectivity index (χ0n) is 10.5. The van der Waals surface area contributed by atoms with Crippen LogP contribution in [-0.4, -0.2) is 31.1 Å². The van der Waals surface area contributed by atoms with Crippen molar-refractivity contribution in [1.82, 2.24) is 25.1 Å². The molecule has 0 aliphatic carbocycles. The predicted molar refractivity (Wildman–Crippen MR) is 70.1 cm³/mol. The van der Waals surface area contributed by atoms with Gasteiger partial charge in [0.15, 0.2) is 0 Å². The van der Waals surface area contributed by atoms with Crippen molar-refractivity contribution in [2.45, 2.75) is 12.8 Å². The van der Waals surface area contributed by atoms with Gasteiger partial charge in [-0.1, -0.05) is 0 Å². The van der Waals surface area contributed by atoms with Crippen molar-refractivity contribution in [3.63, 3.8) is 0 Å². The van der Waals surface area contributed by atoms with Gasteiger partial charge < -0.3 is 10.3 Å². The van der Waals surface area contributed by atoms with Crippen molar-refractivity contribution >= 4 is 11.6 Å². The topological polar surface area (TPSA) is 173 Å². The molecule has 0 aliphatic heterocycles. The van der Waals surface area contributed by atoms with Gasteiger partial charge in [0.1, 0.15) is 11.4 Å². The molecule has 21 heavy (non-hydrogen) atoms. The average Bonchev–Trinajstić information content (AvgIpc) is 2.41. The van der Waals surface area contributed by atoms with Gasteiger partial charge in [-0.3, -0.25) is 24.4 Å². The number of carbonyl (C=O) groups is 1. The summed E-state index contributed by atoms with van der Waals surface area (Å²) in [5.41, 5.74) is -3.00. The molecule has 5 N–H and O–H groups in total. The molecular formula is C10H10N6O5. The summed E-state index contributed by atoms with van der Waals surface area (Å²) in [4.78, 5) is 62.0. The Morgan fingerprint density at radius 1 is 1.10 bits per heavy atom. The van der Waals surface area contributed by atoms with Crippen LogP contribution in [0, 0.1) is 0 Å². The Morgan fingerprint density at radius 3 is 2.48 bits per heavy atom. The molecule has 1 amide bonds. The van der Waals surface area contributed by atoms with E-state index in [1.807, 2.05) is 15.1 Å². The highest BCUT2D eigenvalue weighted by atomic mass is 16.2. The minimum Gasteiger partial charge on any atom is -0.320 e. The van der Waals surface area contributed by atoms with E-state index in [9.17, 15) is 24.0 Å². The molecule has 11 nitrogen and oxygen atoms in total. The van der Waals surface area contributed by atoms with Gasteiger partial charge in [0.2, 0.25) is 5.91 Å². The summed E-state index contributed by atoms with van der Waals surface area (Å²) in [6.45, 7) is 0. The van der Waals surface area contributed by atoms with Crippen LogP contribution in [0.2, 0.25) is 0 Å². The first kappa shape index (κ1) is 14.2. The molecule has 2 rings (SSSR count). The molecule has 0 aromatic carbocycles. The normalized spacial score (nSPS) is 10.3. The van der Waals surface area contributed by atoms with Crippen LogP contribution in [0.5, 0.6) is 0 Å². The van der Waals surface area contributed by atoms with Crippen molar-refractivity contribution in [3.8, 4) is 0 Å². The summed E-state index contributed by atoms with van der Waals surface area (Å²) in [6, 6.07) is 0. The molecular weight excluding hydrogens is 284 g/mol. The summed E-state index contributed by atoms with van der Waals surface area (Å²) < 4.78 is 0. The summed E-state index contributed by atoms with van der Waals surface area (Å²) >= 11 is 0. The van der Waals surface area contributed by atoms with Crippen LogP contribution < -0.4 is 27.8 Å². The quantitative estimate of drug-likeness (QED) is 0.413. The van der Waals surface area contributed by atoms with E-state index in [1.165, 1.54) is 0 Å². The van der Waals surface area contributed by atoms with Gasteiger partial charge in [0.05, 0.1) is 0 Å². The minimum atomic E-state index is -0.743. The Labute approximate surface area is 114 Å². The molecule has 0 fully saturated rings. The van der Waals surface area contributed by atoms with Gasteiger partial charge in [0.25, 0.3) is 11.1 Å². The second-order valence-corrected chi connectivity index (χ2v) is 3.99. The van der Waals surface area contributed by atoms with Gasteiger partial charge in [0, 0.05) is 19.0 Å². The Hall–Kier alpha value is -3.24. The van der Waals surface area contributed by atoms with E-state index in [1.54, 1.807) is 0 Å². The van der Waals surface area contributed by atoms with Gasteiger partial charge in [-0.15, -0.1) is 0 Å². The molecule has 0 aliphatic rings. The fourth-order valence-corrected chi connectivity index (χ4v) is 1.49. The number of H-pyrrole nitrogens is 4. The van der Waals surface area contributed by atoms with E-state index in [0.29, 0.717) is 0 Å². The SMILES string of the molecule is O=C(CCc1n[nH]c(=O)[nH]c1=O)Nc1c[nH]c(=O)[nH]c1=O. The third kappa shape index (κ3) is 3.62. The molecule has 0 bridgehead atoms. The van der Waals surface area contributed by atoms with Gasteiger partial charge in [-0.25, -0.2) is 14.7 Å². The predicted octanol–water partition coefficient (Wildman–Crippen LogP) is -2.59. The van der Waals surface area contributed by atoms with Gasteiger partial charge in [-0.05, 0) is 0 Å². The van der Waals surface area contributed by atoms with E-state index < -0.39 is 28.4 Å². The second-order valence-electron chi connectivity index (χ2n) is 3.99. The first-order chi connectivity index (χ1) is 9.95. The van der Waals surface area contributed by atoms with Crippen LogP contribution in [0.4, 0.5) is 5.69 Å². The number of aromatic nitrogens is 5. The van der Waals surface area contributed by atoms with Crippen LogP contribution in [0.1, 0.15) is 12.1 Å². The number of amides is 1. The highest BCUT2D eigenvalue weighted by molar-refractivity contribution is 5.90. The van der Waals surface area contributed by atoms with E-state index >= 15 is 0 Å². The smallest absolute Gasteiger partial charge is 0.320 e. The fraction of sp³-hybridized carbons (Fsp3) is 0.200. The molecule has 0 spiro atoms. The molecule has 11 heteroatoms. The number of hydrogen-bond donors (Lipinski definition) is 5. The minimum absolute atomic E-state index is 0.0138. The maximum Gasteiger partial charge on any atom is 0.342 e. The molecule has 0 radical (unpaired) electrons. The van der Waals surface area contributed by atoms with Crippen LogP contribution in [0.15, 0.2) is 25.4 Å². The molecule has 2 heterocycles. The maximum atomic E-state index is 11.6. The van der Waals surface area contributed by atoms with Crippen molar-refractivity contribution in [2.24, 2.45) is 0 Å². The lowest BCUT2D eigenvalue weighted by Crippen LogP contribution is -2.29. The number of rotatable bonds is 4. The molecule has 0 atom stereocenters. The molecule has 0 unspecified atom stereocenters. The summed E-state index contributed by atoms with van der Waals surface area (Å²) in [5.74, 6) is -0.556. The number of aryl methyl sites for hydroxylation is 1. The Morgan fingerprint density at radius 2 is 1.81 bits per heavy atom. The summed E-state index contributed by atoms with van der Waals surface area (Å²) in [7, 11) is 0. The number of aromatic amines is 4. The monoisotopic (exact) mass is 294 g/mol. The van der Waals surface area contributed by atoms with E-state index in [4.69, 9.17) is 0 Å². The van der Waals surface area contributed by atoms with Crippen LogP contribution in [-0.2, 0) is 11.2 Å². The lowest BCUT2D eigenvalue weighted by atomic mass is 10.2. The standard InChI is InChI=1S/C10H10N6O5/c17-6(12-5-3-11-9(20)13-8(5)19)2-1-4-7(18)14-10(21)16-15-4/h3H,1-2H2,(H,12,17)(H2,11,13,19,20)(H2,14,16,18,21). The fourth-order valence-electron chi connectivity index (χ4n) is 1.49.